The average molecular weight is 641 g/mol. The summed E-state index contributed by atoms with van der Waals surface area (Å²) < 4.78 is 128. The smallest absolute Gasteiger partial charge is 0.406 e. The largest absolute Gasteiger partial charge is 0.573 e. The normalized spacial score (nSPS) is 18.8. The zero-order valence-corrected chi connectivity index (χ0v) is 22.8. The van der Waals surface area contributed by atoms with Gasteiger partial charge in [-0.05, 0) is 60.2 Å². The lowest BCUT2D eigenvalue weighted by Gasteiger charge is -2.22. The second kappa shape index (κ2) is 11.1. The van der Waals surface area contributed by atoms with E-state index in [0.29, 0.717) is 21.9 Å². The van der Waals surface area contributed by atoms with Crippen molar-refractivity contribution in [3.63, 3.8) is 0 Å². The van der Waals surface area contributed by atoms with Gasteiger partial charge in [0.15, 0.2) is 0 Å². The van der Waals surface area contributed by atoms with Gasteiger partial charge in [-0.1, -0.05) is 18.2 Å². The van der Waals surface area contributed by atoms with E-state index in [1.54, 1.807) is 0 Å². The minimum absolute atomic E-state index is 0.0373. The number of rotatable bonds is 9. The zero-order valence-electron chi connectivity index (χ0n) is 22.8. The van der Waals surface area contributed by atoms with Crippen LogP contribution in [0.5, 0.6) is 5.75 Å². The number of hydrogen-bond donors (Lipinski definition) is 1. The number of carbonyl (C=O) groups excluding carboxylic acids is 1. The average Bonchev–Trinajstić information content (AvgIpc) is 3.60. The Bertz CT molecular complexity index is 1740. The fourth-order valence-corrected chi connectivity index (χ4v) is 5.91. The highest BCUT2D eigenvalue weighted by atomic mass is 19.4. The number of aromatic nitrogens is 3. The van der Waals surface area contributed by atoms with E-state index in [-0.39, 0.29) is 29.7 Å². The summed E-state index contributed by atoms with van der Waals surface area (Å²) in [6.07, 6.45) is -6.95. The van der Waals surface area contributed by atoms with Crippen molar-refractivity contribution in [2.45, 2.75) is 50.1 Å². The Labute approximate surface area is 248 Å². The molecule has 236 valence electrons. The summed E-state index contributed by atoms with van der Waals surface area (Å²) in [5.74, 6) is -8.64. The van der Waals surface area contributed by atoms with Crippen LogP contribution in [0.2, 0.25) is 0 Å². The van der Waals surface area contributed by atoms with Crippen LogP contribution >= 0.6 is 0 Å². The molecule has 1 fully saturated rings. The minimum atomic E-state index is -4.92. The Morgan fingerprint density at radius 2 is 1.73 bits per heavy atom. The Kier molecular flexibility index (Phi) is 7.52. The van der Waals surface area contributed by atoms with E-state index in [9.17, 15) is 35.5 Å². The number of ether oxygens (including phenoxy) is 1. The van der Waals surface area contributed by atoms with Gasteiger partial charge in [-0.2, -0.15) is 13.9 Å². The van der Waals surface area contributed by atoms with Crippen molar-refractivity contribution in [2.24, 2.45) is 5.92 Å². The van der Waals surface area contributed by atoms with E-state index in [2.05, 4.69) is 20.1 Å². The molecule has 6 nitrogen and oxygen atoms in total. The van der Waals surface area contributed by atoms with Crippen molar-refractivity contribution in [1.29, 1.82) is 0 Å². The second-order valence-corrected chi connectivity index (χ2v) is 10.8. The van der Waals surface area contributed by atoms with Gasteiger partial charge in [0.25, 0.3) is 12.3 Å². The number of hydrogen-bond acceptors (Lipinski definition) is 4. The number of pyridine rings is 1. The zero-order chi connectivity index (χ0) is 32.3. The highest BCUT2D eigenvalue weighted by Crippen LogP contribution is 2.68. The Hall–Kier alpha value is -4.56. The molecule has 4 aromatic rings. The van der Waals surface area contributed by atoms with Crippen molar-refractivity contribution in [2.75, 3.05) is 0 Å². The van der Waals surface area contributed by atoms with Crippen molar-refractivity contribution in [1.82, 2.24) is 20.1 Å². The lowest BCUT2D eigenvalue weighted by atomic mass is 9.95. The maximum Gasteiger partial charge on any atom is 0.573 e. The first kappa shape index (κ1) is 30.5. The Morgan fingerprint density at radius 3 is 2.38 bits per heavy atom. The summed E-state index contributed by atoms with van der Waals surface area (Å²) in [4.78, 5) is 17.6. The number of fused-ring (bicyclic) bond motifs is 3. The fourth-order valence-electron chi connectivity index (χ4n) is 5.91. The molecule has 1 N–H and O–H groups in total. The molecule has 0 radical (unpaired) electrons. The lowest BCUT2D eigenvalue weighted by molar-refractivity contribution is -0.274. The fraction of sp³-hybridized carbons (Fsp3) is 0.300. The van der Waals surface area contributed by atoms with Crippen molar-refractivity contribution >= 4 is 5.91 Å². The van der Waals surface area contributed by atoms with E-state index in [4.69, 9.17) is 0 Å². The predicted molar refractivity (Wildman–Crippen MR) is 139 cm³/mol. The molecule has 1 amide bonds. The molecule has 1 saturated carbocycles. The quantitative estimate of drug-likeness (QED) is 0.194. The number of benzene rings is 2. The van der Waals surface area contributed by atoms with Crippen molar-refractivity contribution in [3.05, 3.63) is 101 Å². The highest BCUT2D eigenvalue weighted by Gasteiger charge is 2.67. The van der Waals surface area contributed by atoms with E-state index < -0.39 is 77.8 Å². The molecule has 0 aliphatic heterocycles. The number of nitrogens with one attached hydrogen (secondary N) is 1. The first-order chi connectivity index (χ1) is 21.2. The maximum absolute atomic E-state index is 15.0. The molecule has 45 heavy (non-hydrogen) atoms. The van der Waals surface area contributed by atoms with Crippen LogP contribution < -0.4 is 10.1 Å². The molecule has 0 saturated heterocycles. The van der Waals surface area contributed by atoms with Crippen LogP contribution in [0.1, 0.15) is 53.0 Å². The van der Waals surface area contributed by atoms with Gasteiger partial charge in [0.1, 0.15) is 35.3 Å². The van der Waals surface area contributed by atoms with Gasteiger partial charge in [-0.25, -0.2) is 17.6 Å². The van der Waals surface area contributed by atoms with Crippen LogP contribution in [0.3, 0.4) is 0 Å². The summed E-state index contributed by atoms with van der Waals surface area (Å²) in [6, 6.07) is 9.24. The lowest BCUT2D eigenvalue weighted by Crippen LogP contribution is -2.35. The third-order valence-electron chi connectivity index (χ3n) is 7.73. The third kappa shape index (κ3) is 6.07. The SMILES string of the molecule is O=C(Cn1nc(C(F)F)c2c1C(F)(F)C1CC21)N[C@@H](Cc1cc(F)cc(F)c1)c1ncccc1-c1ccc(OC(F)(F)F)cc1. The molecule has 0 bridgehead atoms. The van der Waals surface area contributed by atoms with Gasteiger partial charge in [-0.3, -0.25) is 14.5 Å². The van der Waals surface area contributed by atoms with Gasteiger partial charge in [-0.15, -0.1) is 13.2 Å². The number of carbonyl (C=O) groups is 1. The van der Waals surface area contributed by atoms with E-state index >= 15 is 8.78 Å². The monoisotopic (exact) mass is 640 g/mol. The maximum atomic E-state index is 15.0. The molecule has 3 atom stereocenters. The van der Waals surface area contributed by atoms with Gasteiger partial charge in [0, 0.05) is 29.3 Å². The Morgan fingerprint density at radius 1 is 1.04 bits per heavy atom. The molecule has 2 aromatic carbocycles. The summed E-state index contributed by atoms with van der Waals surface area (Å²) in [5, 5.41) is 6.24. The van der Waals surface area contributed by atoms with E-state index in [1.165, 1.54) is 30.5 Å². The number of amides is 1. The van der Waals surface area contributed by atoms with Crippen LogP contribution in [0.4, 0.5) is 39.5 Å². The first-order valence-electron chi connectivity index (χ1n) is 13.5. The highest BCUT2D eigenvalue weighted by molar-refractivity contribution is 5.77. The standard InChI is InChI=1S/C30H21F9N4O2/c31-16-8-14(9-17(32)11-16)10-22(25-19(2-1-7-40-25)15-3-5-18(6-4-15)45-30(37,38)39)41-23(44)13-43-27-24(26(42-43)28(33)34)20-12-21(20)29(27,35)36/h1-9,11,20-22,28H,10,12-13H2,(H,41,44)/t20?,21?,22-/m0/s1. The first-order valence-corrected chi connectivity index (χ1v) is 13.5. The van der Waals surface area contributed by atoms with Gasteiger partial charge >= 0.3 is 6.36 Å². The Balaban J connectivity index is 1.33. The third-order valence-corrected chi connectivity index (χ3v) is 7.73. The van der Waals surface area contributed by atoms with Crippen molar-refractivity contribution < 1.29 is 49.0 Å². The van der Waals surface area contributed by atoms with Gasteiger partial charge < -0.3 is 10.1 Å². The molecule has 2 aromatic heterocycles. The molecule has 2 unspecified atom stereocenters. The summed E-state index contributed by atoms with van der Waals surface area (Å²) in [5.41, 5.74) is -0.950. The van der Waals surface area contributed by atoms with Crippen LogP contribution in [0.15, 0.2) is 60.8 Å². The van der Waals surface area contributed by atoms with Crippen LogP contribution in [0, 0.1) is 17.6 Å². The number of alkyl halides is 7. The molecule has 2 aliphatic carbocycles. The number of halogens is 9. The number of nitrogens with zero attached hydrogens (tertiary/aromatic N) is 3. The van der Waals surface area contributed by atoms with Crippen molar-refractivity contribution in [3.8, 4) is 16.9 Å². The molecule has 0 spiro atoms. The van der Waals surface area contributed by atoms with E-state index in [0.717, 1.165) is 24.3 Å². The molecular weight excluding hydrogens is 619 g/mol. The predicted octanol–water partition coefficient (Wildman–Crippen LogP) is 7.37. The summed E-state index contributed by atoms with van der Waals surface area (Å²) in [7, 11) is 0. The minimum Gasteiger partial charge on any atom is -0.406 e. The van der Waals surface area contributed by atoms with Gasteiger partial charge in [0.05, 0.1) is 11.7 Å². The van der Waals surface area contributed by atoms with Gasteiger partial charge in [0.2, 0.25) is 5.91 Å². The summed E-state index contributed by atoms with van der Waals surface area (Å²) >= 11 is 0. The molecule has 2 heterocycles. The molecule has 15 heteroatoms. The van der Waals surface area contributed by atoms with E-state index in [1.807, 2.05) is 0 Å². The van der Waals surface area contributed by atoms with Crippen LogP contribution in [-0.2, 0) is 23.7 Å². The topological polar surface area (TPSA) is 69.0 Å². The molecule has 2 aliphatic rings. The molecular formula is C30H21F9N4O2. The summed E-state index contributed by atoms with van der Waals surface area (Å²) in [6.45, 7) is -0.871. The second-order valence-electron chi connectivity index (χ2n) is 10.8. The van der Waals surface area contributed by atoms with Crippen LogP contribution in [-0.4, -0.2) is 27.0 Å². The van der Waals surface area contributed by atoms with Crippen LogP contribution in [0.25, 0.3) is 11.1 Å². The molecule has 6 rings (SSSR count).